The van der Waals surface area contributed by atoms with Crippen LogP contribution < -0.4 is 5.73 Å². The Labute approximate surface area is 127 Å². The molecule has 1 aromatic carbocycles. The summed E-state index contributed by atoms with van der Waals surface area (Å²) < 4.78 is 1.93. The van der Waals surface area contributed by atoms with Crippen molar-refractivity contribution in [3.05, 3.63) is 48.3 Å². The van der Waals surface area contributed by atoms with E-state index in [2.05, 4.69) is 23.4 Å². The van der Waals surface area contributed by atoms with E-state index in [-0.39, 0.29) is 6.04 Å². The van der Waals surface area contributed by atoms with Gasteiger partial charge in [-0.25, -0.2) is 4.68 Å². The maximum absolute atomic E-state index is 6.53. The van der Waals surface area contributed by atoms with E-state index in [9.17, 15) is 0 Å². The topological polar surface area (TPSA) is 43.8 Å². The Balaban J connectivity index is 1.72. The van der Waals surface area contributed by atoms with E-state index >= 15 is 0 Å². The standard InChI is InChI=1S/C18H25N3/c19-18(15-9-5-2-1-3-6-10-15)16-13-20-21(14-16)17-11-7-4-8-12-17/h4,7-8,11-15,18H,1-3,5-6,9-10,19H2. The second-order valence-corrected chi connectivity index (χ2v) is 6.18. The van der Waals surface area contributed by atoms with Gasteiger partial charge in [-0.15, -0.1) is 0 Å². The van der Waals surface area contributed by atoms with Crippen LogP contribution in [0.1, 0.15) is 56.6 Å². The second-order valence-electron chi connectivity index (χ2n) is 6.18. The molecule has 3 heteroatoms. The van der Waals surface area contributed by atoms with Crippen LogP contribution in [0.3, 0.4) is 0 Å². The molecule has 1 aromatic heterocycles. The van der Waals surface area contributed by atoms with Gasteiger partial charge in [0.15, 0.2) is 0 Å². The largest absolute Gasteiger partial charge is 0.324 e. The van der Waals surface area contributed by atoms with Gasteiger partial charge in [0.2, 0.25) is 0 Å². The summed E-state index contributed by atoms with van der Waals surface area (Å²) in [6.45, 7) is 0. The molecule has 1 heterocycles. The fourth-order valence-electron chi connectivity index (χ4n) is 3.35. The van der Waals surface area contributed by atoms with Gasteiger partial charge < -0.3 is 5.73 Å². The minimum absolute atomic E-state index is 0.126. The Hall–Kier alpha value is -1.61. The van der Waals surface area contributed by atoms with Crippen molar-refractivity contribution < 1.29 is 0 Å². The maximum Gasteiger partial charge on any atom is 0.0645 e. The molecular formula is C18H25N3. The highest BCUT2D eigenvalue weighted by Gasteiger charge is 2.21. The van der Waals surface area contributed by atoms with Crippen LogP contribution in [0, 0.1) is 5.92 Å². The molecule has 0 amide bonds. The number of nitrogens with zero attached hydrogens (tertiary/aromatic N) is 2. The predicted molar refractivity (Wildman–Crippen MR) is 86.3 cm³/mol. The van der Waals surface area contributed by atoms with Crippen molar-refractivity contribution in [2.45, 2.75) is 51.0 Å². The molecule has 0 saturated heterocycles. The van der Waals surface area contributed by atoms with Gasteiger partial charge in [0.25, 0.3) is 0 Å². The first-order valence-corrected chi connectivity index (χ1v) is 8.20. The molecule has 1 aliphatic rings. The average Bonchev–Trinajstić information content (AvgIpc) is 2.97. The van der Waals surface area contributed by atoms with Gasteiger partial charge in [-0.3, -0.25) is 0 Å². The lowest BCUT2D eigenvalue weighted by Crippen LogP contribution is -2.22. The number of hydrogen-bond acceptors (Lipinski definition) is 2. The van der Waals surface area contributed by atoms with Crippen molar-refractivity contribution in [2.75, 3.05) is 0 Å². The summed E-state index contributed by atoms with van der Waals surface area (Å²) in [5.41, 5.74) is 8.79. The van der Waals surface area contributed by atoms with Crippen molar-refractivity contribution in [3.63, 3.8) is 0 Å². The average molecular weight is 283 g/mol. The first kappa shape index (κ1) is 14.3. The van der Waals surface area contributed by atoms with Crippen molar-refractivity contribution in [1.29, 1.82) is 0 Å². The third-order valence-electron chi connectivity index (χ3n) is 4.67. The summed E-state index contributed by atoms with van der Waals surface area (Å²) in [6.07, 6.45) is 13.3. The Morgan fingerprint density at radius 1 is 1.00 bits per heavy atom. The molecule has 0 radical (unpaired) electrons. The molecule has 1 unspecified atom stereocenters. The SMILES string of the molecule is NC(c1cnn(-c2ccccc2)c1)C1CCCCCCC1. The predicted octanol–water partition coefficient (Wildman–Crippen LogP) is 4.23. The highest BCUT2D eigenvalue weighted by molar-refractivity contribution is 5.31. The van der Waals surface area contributed by atoms with E-state index in [1.807, 2.05) is 29.1 Å². The summed E-state index contributed by atoms with van der Waals surface area (Å²) in [5.74, 6) is 0.610. The molecule has 112 valence electrons. The van der Waals surface area contributed by atoms with Crippen LogP contribution in [0.4, 0.5) is 0 Å². The van der Waals surface area contributed by atoms with Crippen LogP contribution in [0.5, 0.6) is 0 Å². The third kappa shape index (κ3) is 3.53. The molecule has 2 aromatic rings. The molecule has 0 spiro atoms. The number of para-hydroxylation sites is 1. The van der Waals surface area contributed by atoms with Crippen LogP contribution in [0.2, 0.25) is 0 Å². The molecule has 1 aliphatic carbocycles. The van der Waals surface area contributed by atoms with Crippen LogP contribution in [0.25, 0.3) is 5.69 Å². The summed E-state index contributed by atoms with van der Waals surface area (Å²) in [4.78, 5) is 0. The number of nitrogens with two attached hydrogens (primary N) is 1. The van der Waals surface area contributed by atoms with Crippen LogP contribution in [0.15, 0.2) is 42.7 Å². The summed E-state index contributed by atoms with van der Waals surface area (Å²) in [5, 5.41) is 4.48. The van der Waals surface area contributed by atoms with Crippen molar-refractivity contribution in [1.82, 2.24) is 9.78 Å². The Kier molecular flexibility index (Phi) is 4.71. The molecule has 1 saturated carbocycles. The smallest absolute Gasteiger partial charge is 0.0645 e. The zero-order chi connectivity index (χ0) is 14.5. The van der Waals surface area contributed by atoms with Gasteiger partial charge >= 0.3 is 0 Å². The minimum atomic E-state index is 0.126. The molecule has 21 heavy (non-hydrogen) atoms. The Morgan fingerprint density at radius 3 is 2.38 bits per heavy atom. The molecule has 1 fully saturated rings. The van der Waals surface area contributed by atoms with E-state index < -0.39 is 0 Å². The maximum atomic E-state index is 6.53. The summed E-state index contributed by atoms with van der Waals surface area (Å²) >= 11 is 0. The first-order valence-electron chi connectivity index (χ1n) is 8.20. The number of rotatable bonds is 3. The lowest BCUT2D eigenvalue weighted by molar-refractivity contribution is 0.327. The van der Waals surface area contributed by atoms with Gasteiger partial charge in [0.1, 0.15) is 0 Å². The quantitative estimate of drug-likeness (QED) is 0.916. The van der Waals surface area contributed by atoms with Gasteiger partial charge in [-0.2, -0.15) is 5.10 Å². The zero-order valence-corrected chi connectivity index (χ0v) is 12.6. The molecule has 3 nitrogen and oxygen atoms in total. The van der Waals surface area contributed by atoms with Crippen molar-refractivity contribution in [2.24, 2.45) is 11.7 Å². The Bertz CT molecular complexity index is 539. The number of hydrogen-bond donors (Lipinski definition) is 1. The molecule has 0 bridgehead atoms. The van der Waals surface area contributed by atoms with E-state index in [4.69, 9.17) is 5.73 Å². The Morgan fingerprint density at radius 2 is 1.67 bits per heavy atom. The highest BCUT2D eigenvalue weighted by atomic mass is 15.3. The van der Waals surface area contributed by atoms with E-state index in [1.54, 1.807) is 0 Å². The molecule has 0 aliphatic heterocycles. The minimum Gasteiger partial charge on any atom is -0.324 e. The highest BCUT2D eigenvalue weighted by Crippen LogP contribution is 2.31. The fraction of sp³-hybridized carbons (Fsp3) is 0.500. The third-order valence-corrected chi connectivity index (χ3v) is 4.67. The number of benzene rings is 1. The monoisotopic (exact) mass is 283 g/mol. The second kappa shape index (κ2) is 6.90. The lowest BCUT2D eigenvalue weighted by atomic mass is 9.84. The van der Waals surface area contributed by atoms with Crippen molar-refractivity contribution >= 4 is 0 Å². The van der Waals surface area contributed by atoms with E-state index in [0.29, 0.717) is 5.92 Å². The summed E-state index contributed by atoms with van der Waals surface area (Å²) in [7, 11) is 0. The number of aromatic nitrogens is 2. The molecule has 3 rings (SSSR count). The van der Waals surface area contributed by atoms with Crippen LogP contribution in [-0.4, -0.2) is 9.78 Å². The lowest BCUT2D eigenvalue weighted by Gasteiger charge is -2.25. The molecular weight excluding hydrogens is 258 g/mol. The normalized spacial score (nSPS) is 18.9. The first-order chi connectivity index (χ1) is 10.3. The van der Waals surface area contributed by atoms with Crippen LogP contribution in [-0.2, 0) is 0 Å². The van der Waals surface area contributed by atoms with E-state index in [0.717, 1.165) is 5.69 Å². The van der Waals surface area contributed by atoms with Crippen molar-refractivity contribution in [3.8, 4) is 5.69 Å². The van der Waals surface area contributed by atoms with Gasteiger partial charge in [0.05, 0.1) is 11.9 Å². The van der Waals surface area contributed by atoms with Gasteiger partial charge in [-0.1, -0.05) is 50.3 Å². The molecule has 2 N–H and O–H groups in total. The molecule has 1 atom stereocenters. The fourth-order valence-corrected chi connectivity index (χ4v) is 3.35. The van der Waals surface area contributed by atoms with Gasteiger partial charge in [0, 0.05) is 17.8 Å². The van der Waals surface area contributed by atoms with Gasteiger partial charge in [-0.05, 0) is 30.9 Å². The zero-order valence-electron chi connectivity index (χ0n) is 12.6. The summed E-state index contributed by atoms with van der Waals surface area (Å²) in [6, 6.07) is 10.3. The van der Waals surface area contributed by atoms with E-state index in [1.165, 1.54) is 50.5 Å². The van der Waals surface area contributed by atoms with Crippen LogP contribution >= 0.6 is 0 Å².